The van der Waals surface area contributed by atoms with Gasteiger partial charge in [-0.2, -0.15) is 0 Å². The van der Waals surface area contributed by atoms with Crippen LogP contribution in [0.3, 0.4) is 0 Å². The van der Waals surface area contributed by atoms with Crippen molar-refractivity contribution in [1.82, 2.24) is 10.2 Å². The maximum absolute atomic E-state index is 12.8. The first-order valence-electron chi connectivity index (χ1n) is 7.67. The van der Waals surface area contributed by atoms with Crippen LogP contribution in [0.4, 0.5) is 4.39 Å². The van der Waals surface area contributed by atoms with Gasteiger partial charge in [0.05, 0.1) is 0 Å². The molecule has 114 valence electrons. The molecular weight excluding hydrogens is 251 g/mol. The summed E-state index contributed by atoms with van der Waals surface area (Å²) >= 11 is 0. The molecule has 1 aromatic carbocycles. The highest BCUT2D eigenvalue weighted by atomic mass is 19.1. The van der Waals surface area contributed by atoms with Crippen molar-refractivity contribution in [3.8, 4) is 0 Å². The molecule has 0 fully saturated rings. The van der Waals surface area contributed by atoms with Crippen LogP contribution in [-0.4, -0.2) is 37.1 Å². The van der Waals surface area contributed by atoms with Crippen molar-refractivity contribution in [2.45, 2.75) is 52.1 Å². The minimum atomic E-state index is -0.163. The zero-order valence-corrected chi connectivity index (χ0v) is 13.3. The predicted molar refractivity (Wildman–Crippen MR) is 84.6 cm³/mol. The first-order chi connectivity index (χ1) is 9.49. The van der Waals surface area contributed by atoms with Crippen LogP contribution in [0.1, 0.15) is 39.2 Å². The summed E-state index contributed by atoms with van der Waals surface area (Å²) < 4.78 is 12.8. The third-order valence-electron chi connectivity index (χ3n) is 3.77. The molecule has 0 aromatic heterocycles. The average Bonchev–Trinajstić information content (AvgIpc) is 2.40. The summed E-state index contributed by atoms with van der Waals surface area (Å²) in [6, 6.07) is 7.85. The van der Waals surface area contributed by atoms with Crippen LogP contribution in [0.15, 0.2) is 24.3 Å². The molecule has 1 aromatic rings. The number of unbranched alkanes of at least 4 members (excludes halogenated alkanes) is 1. The maximum atomic E-state index is 12.8. The van der Waals surface area contributed by atoms with Crippen LogP contribution in [-0.2, 0) is 6.42 Å². The number of nitrogens with one attached hydrogen (secondary N) is 1. The highest BCUT2D eigenvalue weighted by Crippen LogP contribution is 2.06. The van der Waals surface area contributed by atoms with Crippen molar-refractivity contribution in [1.29, 1.82) is 0 Å². The minimum absolute atomic E-state index is 0.163. The van der Waals surface area contributed by atoms with Crippen LogP contribution in [0.5, 0.6) is 0 Å². The number of halogens is 1. The zero-order chi connectivity index (χ0) is 15.0. The number of benzene rings is 1. The molecule has 0 bridgehead atoms. The molecule has 0 aliphatic heterocycles. The Labute approximate surface area is 123 Å². The van der Waals surface area contributed by atoms with Crippen LogP contribution >= 0.6 is 0 Å². The minimum Gasteiger partial charge on any atom is -0.314 e. The molecular formula is C17H29FN2. The molecule has 20 heavy (non-hydrogen) atoms. The Kier molecular flexibility index (Phi) is 7.78. The van der Waals surface area contributed by atoms with Gasteiger partial charge in [0.25, 0.3) is 0 Å². The standard InChI is InChI=1S/C17H29FN2/c1-14(2)20(4)12-6-5-11-19-15(3)13-16-7-9-17(18)10-8-16/h7-10,14-15,19H,5-6,11-13H2,1-4H3. The van der Waals surface area contributed by atoms with Crippen LogP contribution < -0.4 is 5.32 Å². The maximum Gasteiger partial charge on any atom is 0.123 e. The zero-order valence-electron chi connectivity index (χ0n) is 13.3. The van der Waals surface area contributed by atoms with E-state index < -0.39 is 0 Å². The fourth-order valence-electron chi connectivity index (χ4n) is 2.14. The topological polar surface area (TPSA) is 15.3 Å². The molecule has 1 N–H and O–H groups in total. The second-order valence-electron chi connectivity index (χ2n) is 5.97. The number of nitrogens with zero attached hydrogens (tertiary/aromatic N) is 1. The van der Waals surface area contributed by atoms with Crippen LogP contribution in [0, 0.1) is 5.82 Å². The third kappa shape index (κ3) is 7.01. The smallest absolute Gasteiger partial charge is 0.123 e. The SMILES string of the molecule is CC(Cc1ccc(F)cc1)NCCCCN(C)C(C)C. The Balaban J connectivity index is 2.11. The average molecular weight is 280 g/mol. The summed E-state index contributed by atoms with van der Waals surface area (Å²) in [6.07, 6.45) is 3.38. The lowest BCUT2D eigenvalue weighted by molar-refractivity contribution is 0.267. The quantitative estimate of drug-likeness (QED) is 0.697. The van der Waals surface area contributed by atoms with E-state index in [9.17, 15) is 4.39 Å². The molecule has 0 heterocycles. The lowest BCUT2D eigenvalue weighted by Crippen LogP contribution is -2.30. The molecule has 0 aliphatic carbocycles. The van der Waals surface area contributed by atoms with Crippen molar-refractivity contribution in [2.75, 3.05) is 20.1 Å². The lowest BCUT2D eigenvalue weighted by Gasteiger charge is -2.21. The van der Waals surface area contributed by atoms with E-state index in [2.05, 4.69) is 38.0 Å². The van der Waals surface area contributed by atoms with E-state index in [0.29, 0.717) is 12.1 Å². The third-order valence-corrected chi connectivity index (χ3v) is 3.77. The van der Waals surface area contributed by atoms with E-state index in [0.717, 1.165) is 19.5 Å². The summed E-state index contributed by atoms with van der Waals surface area (Å²) in [5.41, 5.74) is 1.19. The number of hydrogen-bond acceptors (Lipinski definition) is 2. The first-order valence-corrected chi connectivity index (χ1v) is 7.67. The Hall–Kier alpha value is -0.930. The molecule has 0 saturated heterocycles. The number of hydrogen-bond donors (Lipinski definition) is 1. The van der Waals surface area contributed by atoms with E-state index in [1.165, 1.54) is 30.5 Å². The Bertz CT molecular complexity index is 362. The molecule has 0 radical (unpaired) electrons. The second kappa shape index (κ2) is 9.09. The fourth-order valence-corrected chi connectivity index (χ4v) is 2.14. The highest BCUT2D eigenvalue weighted by molar-refractivity contribution is 5.16. The van der Waals surface area contributed by atoms with Gasteiger partial charge in [-0.3, -0.25) is 0 Å². The van der Waals surface area contributed by atoms with Gasteiger partial charge < -0.3 is 10.2 Å². The number of rotatable bonds is 9. The van der Waals surface area contributed by atoms with E-state index in [1.807, 2.05) is 12.1 Å². The van der Waals surface area contributed by atoms with Crippen molar-refractivity contribution < 1.29 is 4.39 Å². The van der Waals surface area contributed by atoms with Crippen LogP contribution in [0.2, 0.25) is 0 Å². The van der Waals surface area contributed by atoms with E-state index in [-0.39, 0.29) is 5.82 Å². The molecule has 1 unspecified atom stereocenters. The summed E-state index contributed by atoms with van der Waals surface area (Å²) in [5.74, 6) is -0.163. The predicted octanol–water partition coefficient (Wildman–Crippen LogP) is 3.47. The van der Waals surface area contributed by atoms with Gasteiger partial charge in [0.15, 0.2) is 0 Å². The fraction of sp³-hybridized carbons (Fsp3) is 0.647. The summed E-state index contributed by atoms with van der Waals surface area (Å²) in [7, 11) is 2.18. The van der Waals surface area contributed by atoms with Gasteiger partial charge in [0.2, 0.25) is 0 Å². The Morgan fingerprint density at radius 3 is 2.35 bits per heavy atom. The summed E-state index contributed by atoms with van der Waals surface area (Å²) in [4.78, 5) is 2.38. The molecule has 2 nitrogen and oxygen atoms in total. The molecule has 0 amide bonds. The van der Waals surface area contributed by atoms with Gasteiger partial charge in [-0.15, -0.1) is 0 Å². The van der Waals surface area contributed by atoms with Gasteiger partial charge >= 0.3 is 0 Å². The summed E-state index contributed by atoms with van der Waals surface area (Å²) in [6.45, 7) is 8.84. The molecule has 1 rings (SSSR count). The summed E-state index contributed by atoms with van der Waals surface area (Å²) in [5, 5.41) is 3.54. The second-order valence-corrected chi connectivity index (χ2v) is 5.97. The van der Waals surface area contributed by atoms with E-state index in [1.54, 1.807) is 0 Å². The van der Waals surface area contributed by atoms with Crippen molar-refractivity contribution in [2.24, 2.45) is 0 Å². The van der Waals surface area contributed by atoms with Gasteiger partial charge in [0.1, 0.15) is 5.82 Å². The lowest BCUT2D eigenvalue weighted by atomic mass is 10.1. The Morgan fingerprint density at radius 1 is 1.10 bits per heavy atom. The first kappa shape index (κ1) is 17.1. The van der Waals surface area contributed by atoms with Gasteiger partial charge in [0, 0.05) is 12.1 Å². The Morgan fingerprint density at radius 2 is 1.75 bits per heavy atom. The normalized spacial score (nSPS) is 13.2. The van der Waals surface area contributed by atoms with Crippen molar-refractivity contribution in [3.63, 3.8) is 0 Å². The van der Waals surface area contributed by atoms with E-state index in [4.69, 9.17) is 0 Å². The molecule has 0 spiro atoms. The monoisotopic (exact) mass is 280 g/mol. The molecule has 3 heteroatoms. The van der Waals surface area contributed by atoms with Crippen molar-refractivity contribution >= 4 is 0 Å². The largest absolute Gasteiger partial charge is 0.314 e. The van der Waals surface area contributed by atoms with Gasteiger partial charge in [-0.05, 0) is 77.9 Å². The van der Waals surface area contributed by atoms with Crippen molar-refractivity contribution in [3.05, 3.63) is 35.6 Å². The molecule has 0 aliphatic rings. The van der Waals surface area contributed by atoms with Crippen LogP contribution in [0.25, 0.3) is 0 Å². The van der Waals surface area contributed by atoms with E-state index >= 15 is 0 Å². The molecule has 0 saturated carbocycles. The van der Waals surface area contributed by atoms with Gasteiger partial charge in [-0.1, -0.05) is 12.1 Å². The highest BCUT2D eigenvalue weighted by Gasteiger charge is 2.04. The molecule has 1 atom stereocenters. The van der Waals surface area contributed by atoms with Gasteiger partial charge in [-0.25, -0.2) is 4.39 Å².